The van der Waals surface area contributed by atoms with E-state index < -0.39 is 24.0 Å². The molecule has 3 atom stereocenters. The van der Waals surface area contributed by atoms with E-state index in [4.69, 9.17) is 10.5 Å². The second-order valence-electron chi connectivity index (χ2n) is 7.02. The third-order valence-corrected chi connectivity index (χ3v) is 5.49. The molecular formula is C20H34N4O4S2. The summed E-state index contributed by atoms with van der Waals surface area (Å²) >= 11 is 5.71. The standard InChI is InChI=1S/C20H34N4O4S2/c1-4-5-6-15-7-8-16(22-11-14(21)12-29)19(23-15)28-13(2)18(25)24-17(20(26)27)9-10-30-3/h7-8,13-14,17,22,29H,4-6,9-12,21H2,1-3H3,(H,24,25)(H,26,27)/t13-,14?,17+/m1/s1. The molecule has 1 heterocycles. The molecule has 0 radical (unpaired) electrons. The lowest BCUT2D eigenvalue weighted by Crippen LogP contribution is -2.46. The van der Waals surface area contributed by atoms with E-state index in [1.165, 1.54) is 11.8 Å². The average molecular weight is 459 g/mol. The van der Waals surface area contributed by atoms with Crippen molar-refractivity contribution in [3.05, 3.63) is 17.8 Å². The molecule has 0 aliphatic heterocycles. The number of aryl methyl sites for hydroxylation is 1. The minimum atomic E-state index is -1.06. The number of nitrogens with two attached hydrogens (primary N) is 1. The van der Waals surface area contributed by atoms with Crippen molar-refractivity contribution in [2.75, 3.05) is 29.6 Å². The fraction of sp³-hybridized carbons (Fsp3) is 0.650. The Morgan fingerprint density at radius 1 is 1.40 bits per heavy atom. The van der Waals surface area contributed by atoms with Crippen LogP contribution in [0.4, 0.5) is 5.69 Å². The molecule has 1 aromatic heterocycles. The summed E-state index contributed by atoms with van der Waals surface area (Å²) in [6.45, 7) is 4.16. The van der Waals surface area contributed by atoms with Crippen LogP contribution in [0.15, 0.2) is 12.1 Å². The molecule has 0 bridgehead atoms. The van der Waals surface area contributed by atoms with Gasteiger partial charge in [0, 0.05) is 24.0 Å². The van der Waals surface area contributed by atoms with Crippen molar-refractivity contribution in [2.45, 2.75) is 57.7 Å². The van der Waals surface area contributed by atoms with Crippen molar-refractivity contribution in [1.29, 1.82) is 0 Å². The predicted molar refractivity (Wildman–Crippen MR) is 126 cm³/mol. The fourth-order valence-corrected chi connectivity index (χ4v) is 3.11. The summed E-state index contributed by atoms with van der Waals surface area (Å²) in [6, 6.07) is 2.69. The van der Waals surface area contributed by atoms with E-state index in [1.807, 2.05) is 18.4 Å². The Bertz CT molecular complexity index is 678. The number of anilines is 1. The average Bonchev–Trinajstić information content (AvgIpc) is 2.73. The van der Waals surface area contributed by atoms with Crippen molar-refractivity contribution in [3.8, 4) is 5.88 Å². The summed E-state index contributed by atoms with van der Waals surface area (Å²) in [5, 5.41) is 15.1. The summed E-state index contributed by atoms with van der Waals surface area (Å²) in [5.41, 5.74) is 7.41. The molecule has 0 fully saturated rings. The van der Waals surface area contributed by atoms with Crippen molar-refractivity contribution in [1.82, 2.24) is 10.3 Å². The van der Waals surface area contributed by atoms with Gasteiger partial charge in [-0.1, -0.05) is 13.3 Å². The molecule has 8 nitrogen and oxygen atoms in total. The van der Waals surface area contributed by atoms with Crippen LogP contribution in [-0.2, 0) is 16.0 Å². The van der Waals surface area contributed by atoms with Gasteiger partial charge in [0.15, 0.2) is 6.10 Å². The number of ether oxygens (including phenoxy) is 1. The largest absolute Gasteiger partial charge is 0.480 e. The summed E-state index contributed by atoms with van der Waals surface area (Å²) in [5.74, 6) is -0.105. The maximum Gasteiger partial charge on any atom is 0.326 e. The number of nitrogens with zero attached hydrogens (tertiary/aromatic N) is 1. The molecule has 0 saturated heterocycles. The van der Waals surface area contributed by atoms with Crippen LogP contribution in [0.5, 0.6) is 5.88 Å². The van der Waals surface area contributed by atoms with E-state index in [-0.39, 0.29) is 6.04 Å². The molecule has 1 aromatic rings. The first kappa shape index (κ1) is 26.4. The Morgan fingerprint density at radius 3 is 2.73 bits per heavy atom. The summed E-state index contributed by atoms with van der Waals surface area (Å²) in [4.78, 5) is 28.5. The van der Waals surface area contributed by atoms with Crippen LogP contribution in [0.2, 0.25) is 0 Å². The van der Waals surface area contributed by atoms with Crippen molar-refractivity contribution >= 4 is 42.0 Å². The summed E-state index contributed by atoms with van der Waals surface area (Å²) in [6.07, 6.45) is 4.16. The zero-order valence-corrected chi connectivity index (χ0v) is 19.6. The highest BCUT2D eigenvalue weighted by Crippen LogP contribution is 2.24. The molecular weight excluding hydrogens is 424 g/mol. The molecule has 1 unspecified atom stereocenters. The topological polar surface area (TPSA) is 127 Å². The van der Waals surface area contributed by atoms with E-state index in [0.717, 1.165) is 25.0 Å². The Labute approximate surface area is 188 Å². The van der Waals surface area contributed by atoms with Gasteiger partial charge in [0.05, 0.1) is 5.69 Å². The van der Waals surface area contributed by atoms with Gasteiger partial charge in [0.2, 0.25) is 5.88 Å². The number of carbonyl (C=O) groups is 2. The van der Waals surface area contributed by atoms with Gasteiger partial charge in [-0.2, -0.15) is 24.4 Å². The van der Waals surface area contributed by atoms with Gasteiger partial charge in [0.25, 0.3) is 5.91 Å². The zero-order chi connectivity index (χ0) is 22.5. The number of thioether (sulfide) groups is 1. The first-order valence-corrected chi connectivity index (χ1v) is 12.1. The first-order chi connectivity index (χ1) is 14.3. The van der Waals surface area contributed by atoms with Crippen LogP contribution in [0.3, 0.4) is 0 Å². The van der Waals surface area contributed by atoms with Gasteiger partial charge < -0.3 is 26.2 Å². The lowest BCUT2D eigenvalue weighted by atomic mass is 10.2. The normalized spacial score (nSPS) is 13.9. The number of amides is 1. The molecule has 0 aliphatic rings. The second kappa shape index (κ2) is 14.4. The highest BCUT2D eigenvalue weighted by Gasteiger charge is 2.24. The molecule has 0 spiro atoms. The van der Waals surface area contributed by atoms with E-state index in [1.54, 1.807) is 6.92 Å². The van der Waals surface area contributed by atoms with E-state index in [0.29, 0.717) is 36.0 Å². The lowest BCUT2D eigenvalue weighted by Gasteiger charge is -2.20. The van der Waals surface area contributed by atoms with Gasteiger partial charge >= 0.3 is 5.97 Å². The van der Waals surface area contributed by atoms with Crippen LogP contribution < -0.4 is 21.1 Å². The SMILES string of the molecule is CCCCc1ccc(NCC(N)CS)c(O[C@H](C)C(=O)N[C@@H](CCSC)C(=O)O)n1. The first-order valence-electron chi connectivity index (χ1n) is 10.1. The van der Waals surface area contributed by atoms with Crippen molar-refractivity contribution < 1.29 is 19.4 Å². The number of thiol groups is 1. The van der Waals surface area contributed by atoms with Gasteiger partial charge in [-0.15, -0.1) is 0 Å². The number of carboxylic acid groups (broad SMARTS) is 1. The number of unbranched alkanes of at least 4 members (excludes halogenated alkanes) is 1. The molecule has 30 heavy (non-hydrogen) atoms. The monoisotopic (exact) mass is 458 g/mol. The summed E-state index contributed by atoms with van der Waals surface area (Å²) in [7, 11) is 0. The van der Waals surface area contributed by atoms with Crippen LogP contribution in [0.25, 0.3) is 0 Å². The lowest BCUT2D eigenvalue weighted by molar-refractivity contribution is -0.143. The highest BCUT2D eigenvalue weighted by atomic mass is 32.2. The van der Waals surface area contributed by atoms with E-state index in [2.05, 4.69) is 35.2 Å². The Hall–Kier alpha value is -1.65. The molecule has 0 saturated carbocycles. The maximum absolute atomic E-state index is 12.5. The number of nitrogens with one attached hydrogen (secondary N) is 2. The molecule has 1 rings (SSSR count). The molecule has 5 N–H and O–H groups in total. The van der Waals surface area contributed by atoms with Crippen molar-refractivity contribution in [2.24, 2.45) is 5.73 Å². The number of pyridine rings is 1. The minimum absolute atomic E-state index is 0.144. The fourth-order valence-electron chi connectivity index (χ4n) is 2.51. The Balaban J connectivity index is 2.91. The van der Waals surface area contributed by atoms with Crippen LogP contribution in [-0.4, -0.2) is 64.5 Å². The van der Waals surface area contributed by atoms with E-state index >= 15 is 0 Å². The number of carboxylic acids is 1. The third-order valence-electron chi connectivity index (χ3n) is 4.38. The number of carbonyl (C=O) groups excluding carboxylic acids is 1. The minimum Gasteiger partial charge on any atom is -0.480 e. The van der Waals surface area contributed by atoms with E-state index in [9.17, 15) is 14.7 Å². The van der Waals surface area contributed by atoms with Gasteiger partial charge in [-0.3, -0.25) is 4.79 Å². The number of hydrogen-bond acceptors (Lipinski definition) is 8. The molecule has 0 aliphatic carbocycles. The predicted octanol–water partition coefficient (Wildman–Crippen LogP) is 2.18. The molecule has 10 heteroatoms. The number of hydrogen-bond donors (Lipinski definition) is 5. The third kappa shape index (κ3) is 9.44. The van der Waals surface area contributed by atoms with Crippen LogP contribution in [0, 0.1) is 0 Å². The highest BCUT2D eigenvalue weighted by molar-refractivity contribution is 7.98. The Kier molecular flexibility index (Phi) is 12.6. The number of aliphatic carboxylic acids is 1. The number of aromatic nitrogens is 1. The zero-order valence-electron chi connectivity index (χ0n) is 17.9. The number of rotatable bonds is 15. The van der Waals surface area contributed by atoms with Gasteiger partial charge in [0.1, 0.15) is 6.04 Å². The smallest absolute Gasteiger partial charge is 0.326 e. The van der Waals surface area contributed by atoms with Crippen LogP contribution >= 0.6 is 24.4 Å². The maximum atomic E-state index is 12.5. The van der Waals surface area contributed by atoms with Crippen molar-refractivity contribution in [3.63, 3.8) is 0 Å². The molecule has 0 aromatic carbocycles. The second-order valence-corrected chi connectivity index (χ2v) is 8.37. The Morgan fingerprint density at radius 2 is 2.13 bits per heavy atom. The van der Waals surface area contributed by atoms with Gasteiger partial charge in [-0.25, -0.2) is 9.78 Å². The quantitative estimate of drug-likeness (QED) is 0.253. The van der Waals surface area contributed by atoms with Gasteiger partial charge in [-0.05, 0) is 50.3 Å². The van der Waals surface area contributed by atoms with Crippen LogP contribution in [0.1, 0.15) is 38.8 Å². The molecule has 170 valence electrons. The summed E-state index contributed by atoms with van der Waals surface area (Å²) < 4.78 is 5.84. The molecule has 1 amide bonds.